The van der Waals surface area contributed by atoms with Crippen LogP contribution >= 0.6 is 11.8 Å². The molecule has 0 aliphatic rings. The summed E-state index contributed by atoms with van der Waals surface area (Å²) >= 11 is 1.69. The number of rotatable bonds is 7. The van der Waals surface area contributed by atoms with Crippen LogP contribution in [0.3, 0.4) is 0 Å². The van der Waals surface area contributed by atoms with Crippen molar-refractivity contribution in [3.8, 4) is 5.75 Å². The van der Waals surface area contributed by atoms with Gasteiger partial charge >= 0.3 is 0 Å². The van der Waals surface area contributed by atoms with Crippen LogP contribution in [0.1, 0.15) is 21.5 Å². The summed E-state index contributed by atoms with van der Waals surface area (Å²) in [5.74, 6) is -0.632. The lowest BCUT2D eigenvalue weighted by Gasteiger charge is -2.10. The molecule has 3 aromatic carbocycles. The molecule has 0 aliphatic carbocycles. The van der Waals surface area contributed by atoms with Gasteiger partial charge in [0.15, 0.2) is 6.61 Å². The third-order valence-corrected chi connectivity index (χ3v) is 5.39. The van der Waals surface area contributed by atoms with Crippen LogP contribution in [-0.2, 0) is 4.79 Å². The molecule has 148 valence electrons. The van der Waals surface area contributed by atoms with Gasteiger partial charge in [-0.1, -0.05) is 36.0 Å². The Labute approximate surface area is 174 Å². The van der Waals surface area contributed by atoms with E-state index in [1.807, 2.05) is 24.3 Å². The minimum absolute atomic E-state index is 0.219. The number of nitrogens with one attached hydrogen (secondary N) is 1. The van der Waals surface area contributed by atoms with Crippen molar-refractivity contribution >= 4 is 29.3 Å². The van der Waals surface area contributed by atoms with Crippen molar-refractivity contribution in [2.24, 2.45) is 5.73 Å². The molecular weight excluding hydrogens is 384 g/mol. The normalized spacial score (nSPS) is 10.4. The van der Waals surface area contributed by atoms with Crippen LogP contribution in [-0.4, -0.2) is 18.4 Å². The van der Waals surface area contributed by atoms with Gasteiger partial charge in [0.2, 0.25) is 0 Å². The Hall–Kier alpha value is -3.25. The number of ether oxygens (including phenoxy) is 1. The Morgan fingerprint density at radius 2 is 1.72 bits per heavy atom. The number of anilines is 1. The van der Waals surface area contributed by atoms with Crippen molar-refractivity contribution in [2.45, 2.75) is 23.6 Å². The van der Waals surface area contributed by atoms with E-state index in [1.165, 1.54) is 16.0 Å². The molecule has 0 saturated heterocycles. The summed E-state index contributed by atoms with van der Waals surface area (Å²) in [5, 5.41) is 2.78. The van der Waals surface area contributed by atoms with Crippen LogP contribution in [0.5, 0.6) is 5.75 Å². The van der Waals surface area contributed by atoms with E-state index in [1.54, 1.807) is 36.0 Å². The largest absolute Gasteiger partial charge is 0.483 e. The van der Waals surface area contributed by atoms with E-state index in [-0.39, 0.29) is 23.8 Å². The van der Waals surface area contributed by atoms with E-state index >= 15 is 0 Å². The minimum atomic E-state index is -0.599. The van der Waals surface area contributed by atoms with E-state index in [2.05, 4.69) is 37.4 Å². The van der Waals surface area contributed by atoms with Gasteiger partial charge in [-0.3, -0.25) is 9.59 Å². The number of aryl methyl sites for hydroxylation is 2. The summed E-state index contributed by atoms with van der Waals surface area (Å²) in [5.41, 5.74) is 8.68. The number of hydrogen-bond donors (Lipinski definition) is 2. The van der Waals surface area contributed by atoms with Crippen molar-refractivity contribution in [1.29, 1.82) is 0 Å². The first-order chi connectivity index (χ1) is 13.9. The van der Waals surface area contributed by atoms with Crippen molar-refractivity contribution < 1.29 is 14.3 Å². The highest BCUT2D eigenvalue weighted by Gasteiger charge is 2.10. The number of carbonyl (C=O) groups is 2. The second-order valence-corrected chi connectivity index (χ2v) is 7.71. The molecule has 3 N–H and O–H groups in total. The average molecular weight is 407 g/mol. The van der Waals surface area contributed by atoms with E-state index in [0.29, 0.717) is 5.69 Å². The first-order valence-electron chi connectivity index (χ1n) is 9.09. The molecule has 0 atom stereocenters. The number of amides is 2. The predicted octanol–water partition coefficient (Wildman–Crippen LogP) is 4.57. The maximum Gasteiger partial charge on any atom is 0.262 e. The molecule has 0 spiro atoms. The van der Waals surface area contributed by atoms with E-state index in [0.717, 1.165) is 4.90 Å². The predicted molar refractivity (Wildman–Crippen MR) is 116 cm³/mol. The summed E-state index contributed by atoms with van der Waals surface area (Å²) < 4.78 is 5.44. The molecule has 3 aromatic rings. The van der Waals surface area contributed by atoms with Crippen LogP contribution in [0.2, 0.25) is 0 Å². The van der Waals surface area contributed by atoms with Gasteiger partial charge in [0, 0.05) is 15.5 Å². The minimum Gasteiger partial charge on any atom is -0.483 e. The standard InChI is InChI=1S/C23H22N2O3S/c1-15-7-8-16(2)21(13-15)29-18-11-9-17(10-12-18)25-22(26)14-28-20-6-4-3-5-19(20)23(24)27/h3-13H,14H2,1-2H3,(H2,24,27)(H,25,26). The van der Waals surface area contributed by atoms with Crippen molar-refractivity contribution in [1.82, 2.24) is 0 Å². The second-order valence-electron chi connectivity index (χ2n) is 6.59. The van der Waals surface area contributed by atoms with Crippen LogP contribution < -0.4 is 15.8 Å². The van der Waals surface area contributed by atoms with Crippen molar-refractivity contribution in [3.63, 3.8) is 0 Å². The van der Waals surface area contributed by atoms with Gasteiger partial charge in [0.05, 0.1) is 5.56 Å². The fourth-order valence-corrected chi connectivity index (χ4v) is 3.69. The molecular formula is C23H22N2O3S. The maximum absolute atomic E-state index is 12.2. The molecule has 0 unspecified atom stereocenters. The molecule has 3 rings (SSSR count). The lowest BCUT2D eigenvalue weighted by atomic mass is 10.2. The highest BCUT2D eigenvalue weighted by molar-refractivity contribution is 7.99. The molecule has 0 saturated carbocycles. The number of hydrogen-bond acceptors (Lipinski definition) is 4. The summed E-state index contributed by atoms with van der Waals surface area (Å²) in [6.45, 7) is 3.95. The topological polar surface area (TPSA) is 81.4 Å². The van der Waals surface area contributed by atoms with Gasteiger partial charge < -0.3 is 15.8 Å². The van der Waals surface area contributed by atoms with Crippen LogP contribution in [0, 0.1) is 13.8 Å². The molecule has 29 heavy (non-hydrogen) atoms. The molecule has 2 amide bonds. The van der Waals surface area contributed by atoms with Gasteiger partial charge in [-0.2, -0.15) is 0 Å². The highest BCUT2D eigenvalue weighted by atomic mass is 32.2. The Bertz CT molecular complexity index is 1030. The first-order valence-corrected chi connectivity index (χ1v) is 9.90. The summed E-state index contributed by atoms with van der Waals surface area (Å²) in [6.07, 6.45) is 0. The monoisotopic (exact) mass is 406 g/mol. The lowest BCUT2D eigenvalue weighted by molar-refractivity contribution is -0.118. The SMILES string of the molecule is Cc1ccc(C)c(Sc2ccc(NC(=O)COc3ccccc3C(N)=O)cc2)c1. The number of nitrogens with two attached hydrogens (primary N) is 1. The van der Waals surface area contributed by atoms with Crippen LogP contribution in [0.15, 0.2) is 76.5 Å². The third kappa shape index (κ3) is 5.62. The summed E-state index contributed by atoms with van der Waals surface area (Å²) in [7, 11) is 0. The number of para-hydroxylation sites is 1. The van der Waals surface area contributed by atoms with Gasteiger partial charge in [0.1, 0.15) is 5.75 Å². The van der Waals surface area contributed by atoms with Crippen LogP contribution in [0.4, 0.5) is 5.69 Å². The zero-order valence-corrected chi connectivity index (χ0v) is 17.1. The molecule has 0 aliphatic heterocycles. The van der Waals surface area contributed by atoms with Gasteiger partial charge in [-0.05, 0) is 67.4 Å². The van der Waals surface area contributed by atoms with Gasteiger partial charge in [-0.15, -0.1) is 0 Å². The number of carbonyl (C=O) groups excluding carboxylic acids is 2. The Morgan fingerprint density at radius 3 is 2.45 bits per heavy atom. The molecule has 5 nitrogen and oxygen atoms in total. The van der Waals surface area contributed by atoms with E-state index in [9.17, 15) is 9.59 Å². The van der Waals surface area contributed by atoms with Gasteiger partial charge in [-0.25, -0.2) is 0 Å². The Balaban J connectivity index is 1.58. The zero-order valence-electron chi connectivity index (χ0n) is 16.3. The Morgan fingerprint density at radius 1 is 1.00 bits per heavy atom. The van der Waals surface area contributed by atoms with Gasteiger partial charge in [0.25, 0.3) is 11.8 Å². The molecule has 0 heterocycles. The quantitative estimate of drug-likeness (QED) is 0.602. The number of benzene rings is 3. The van der Waals surface area contributed by atoms with E-state index in [4.69, 9.17) is 10.5 Å². The molecule has 0 fully saturated rings. The first kappa shape index (κ1) is 20.5. The average Bonchev–Trinajstić information content (AvgIpc) is 2.71. The van der Waals surface area contributed by atoms with Crippen molar-refractivity contribution in [2.75, 3.05) is 11.9 Å². The summed E-state index contributed by atoms with van der Waals surface area (Å²) in [4.78, 5) is 25.9. The molecule has 0 bridgehead atoms. The zero-order chi connectivity index (χ0) is 20.8. The molecule has 6 heteroatoms. The second kappa shape index (κ2) is 9.30. The fourth-order valence-electron chi connectivity index (χ4n) is 2.69. The highest BCUT2D eigenvalue weighted by Crippen LogP contribution is 2.31. The number of primary amides is 1. The lowest BCUT2D eigenvalue weighted by Crippen LogP contribution is -2.21. The molecule has 0 radical (unpaired) electrons. The fraction of sp³-hybridized carbons (Fsp3) is 0.130. The third-order valence-electron chi connectivity index (χ3n) is 4.22. The van der Waals surface area contributed by atoms with E-state index < -0.39 is 5.91 Å². The van der Waals surface area contributed by atoms with Crippen LogP contribution in [0.25, 0.3) is 0 Å². The Kier molecular flexibility index (Phi) is 6.57. The summed E-state index contributed by atoms with van der Waals surface area (Å²) in [6, 6.07) is 20.6. The maximum atomic E-state index is 12.2. The van der Waals surface area contributed by atoms with Crippen molar-refractivity contribution in [3.05, 3.63) is 83.4 Å². The molecule has 0 aromatic heterocycles. The smallest absolute Gasteiger partial charge is 0.262 e.